The number of nitrogens with zero attached hydrogens (tertiary/aromatic N) is 1. The zero-order valence-electron chi connectivity index (χ0n) is 10.0. The first-order valence-corrected chi connectivity index (χ1v) is 7.42. The number of nitrogens with one attached hydrogen (secondary N) is 1. The molecule has 0 saturated carbocycles. The van der Waals surface area contributed by atoms with Gasteiger partial charge in [0.25, 0.3) is 0 Å². The summed E-state index contributed by atoms with van der Waals surface area (Å²) in [6, 6.07) is 5.53. The SMILES string of the molecule is O=C(CCCc1ccc(Cl)c(Cl)c1)Nc1nccs1. The summed E-state index contributed by atoms with van der Waals surface area (Å²) in [5.74, 6) is -0.0185. The van der Waals surface area contributed by atoms with E-state index in [1.807, 2.05) is 17.5 Å². The number of anilines is 1. The van der Waals surface area contributed by atoms with E-state index >= 15 is 0 Å². The fourth-order valence-corrected chi connectivity index (χ4v) is 2.48. The standard InChI is InChI=1S/C13H12Cl2N2OS/c14-10-5-4-9(8-11(10)15)2-1-3-12(18)17-13-16-6-7-19-13/h4-8H,1-3H2,(H,16,17,18). The molecule has 0 atom stereocenters. The summed E-state index contributed by atoms with van der Waals surface area (Å²) in [5, 5.41) is 6.31. The first-order chi connectivity index (χ1) is 9.15. The lowest BCUT2D eigenvalue weighted by molar-refractivity contribution is -0.116. The van der Waals surface area contributed by atoms with E-state index in [0.717, 1.165) is 18.4 Å². The molecule has 100 valence electrons. The Labute approximate surface area is 125 Å². The summed E-state index contributed by atoms with van der Waals surface area (Å²) < 4.78 is 0. The number of hydrogen-bond donors (Lipinski definition) is 1. The predicted molar refractivity (Wildman–Crippen MR) is 80.1 cm³/mol. The van der Waals surface area contributed by atoms with Crippen LogP contribution in [0.2, 0.25) is 10.0 Å². The van der Waals surface area contributed by atoms with Gasteiger partial charge in [-0.2, -0.15) is 0 Å². The molecule has 2 aromatic rings. The second-order valence-electron chi connectivity index (χ2n) is 3.99. The molecular formula is C13H12Cl2N2OS. The average molecular weight is 315 g/mol. The van der Waals surface area contributed by atoms with Crippen LogP contribution in [-0.4, -0.2) is 10.9 Å². The first-order valence-electron chi connectivity index (χ1n) is 5.78. The van der Waals surface area contributed by atoms with Gasteiger partial charge in [-0.25, -0.2) is 4.98 Å². The highest BCUT2D eigenvalue weighted by Gasteiger charge is 2.05. The number of thiazole rings is 1. The largest absolute Gasteiger partial charge is 0.302 e. The van der Waals surface area contributed by atoms with Crippen LogP contribution in [0.4, 0.5) is 5.13 Å². The zero-order valence-corrected chi connectivity index (χ0v) is 12.4. The molecule has 3 nitrogen and oxygen atoms in total. The highest BCUT2D eigenvalue weighted by atomic mass is 35.5. The molecular weight excluding hydrogens is 303 g/mol. The lowest BCUT2D eigenvalue weighted by Gasteiger charge is -2.04. The van der Waals surface area contributed by atoms with Crippen LogP contribution in [0, 0.1) is 0 Å². The summed E-state index contributed by atoms with van der Waals surface area (Å²) >= 11 is 13.2. The molecule has 0 spiro atoms. The average Bonchev–Trinajstić information content (AvgIpc) is 2.86. The van der Waals surface area contributed by atoms with Gasteiger partial charge in [-0.15, -0.1) is 11.3 Å². The molecule has 1 heterocycles. The van der Waals surface area contributed by atoms with Crippen LogP contribution >= 0.6 is 34.5 Å². The molecule has 0 bridgehead atoms. The van der Waals surface area contributed by atoms with Gasteiger partial charge in [-0.1, -0.05) is 29.3 Å². The van der Waals surface area contributed by atoms with Crippen LogP contribution in [-0.2, 0) is 11.2 Å². The molecule has 0 aliphatic heterocycles. The molecule has 1 N–H and O–H groups in total. The minimum absolute atomic E-state index is 0.0185. The number of aromatic nitrogens is 1. The Morgan fingerprint density at radius 1 is 1.32 bits per heavy atom. The summed E-state index contributed by atoms with van der Waals surface area (Å²) in [7, 11) is 0. The Hall–Kier alpha value is -1.10. The fourth-order valence-electron chi connectivity index (χ4n) is 1.62. The van der Waals surface area contributed by atoms with E-state index in [0.29, 0.717) is 21.6 Å². The van der Waals surface area contributed by atoms with Crippen molar-refractivity contribution in [3.8, 4) is 0 Å². The Kier molecular flexibility index (Phi) is 5.19. The molecule has 0 aliphatic carbocycles. The molecule has 1 aromatic heterocycles. The van der Waals surface area contributed by atoms with Crippen molar-refractivity contribution < 1.29 is 4.79 Å². The second kappa shape index (κ2) is 6.89. The number of hydrogen-bond acceptors (Lipinski definition) is 3. The van der Waals surface area contributed by atoms with Gasteiger partial charge in [0.1, 0.15) is 0 Å². The third-order valence-corrected chi connectivity index (χ3v) is 3.96. The maximum atomic E-state index is 11.6. The van der Waals surface area contributed by atoms with Gasteiger partial charge in [-0.3, -0.25) is 4.79 Å². The summed E-state index contributed by atoms with van der Waals surface area (Å²) in [6.07, 6.45) is 3.67. The maximum absolute atomic E-state index is 11.6. The van der Waals surface area contributed by atoms with Gasteiger partial charge in [0.15, 0.2) is 5.13 Å². The molecule has 1 aromatic carbocycles. The third-order valence-electron chi connectivity index (χ3n) is 2.53. The highest BCUT2D eigenvalue weighted by Crippen LogP contribution is 2.23. The lowest BCUT2D eigenvalue weighted by Crippen LogP contribution is -2.11. The first kappa shape index (κ1) is 14.3. The molecule has 1 amide bonds. The summed E-state index contributed by atoms with van der Waals surface area (Å²) in [4.78, 5) is 15.6. The van der Waals surface area contributed by atoms with Crippen molar-refractivity contribution in [1.29, 1.82) is 0 Å². The third kappa shape index (κ3) is 4.49. The molecule has 0 fully saturated rings. The Balaban J connectivity index is 1.76. The summed E-state index contributed by atoms with van der Waals surface area (Å²) in [5.41, 5.74) is 1.08. The number of carbonyl (C=O) groups excluding carboxylic acids is 1. The van der Waals surface area contributed by atoms with Crippen molar-refractivity contribution in [1.82, 2.24) is 4.98 Å². The number of aryl methyl sites for hydroxylation is 1. The van der Waals surface area contributed by atoms with E-state index in [4.69, 9.17) is 23.2 Å². The molecule has 0 unspecified atom stereocenters. The Bertz CT molecular complexity index is 558. The van der Waals surface area contributed by atoms with Crippen LogP contribution in [0.15, 0.2) is 29.8 Å². The van der Waals surface area contributed by atoms with Gasteiger partial charge in [-0.05, 0) is 30.5 Å². The molecule has 2 rings (SSSR count). The highest BCUT2D eigenvalue weighted by molar-refractivity contribution is 7.13. The molecule has 0 aliphatic rings. The number of amides is 1. The topological polar surface area (TPSA) is 42.0 Å². The molecule has 0 radical (unpaired) electrons. The van der Waals surface area contributed by atoms with Crippen LogP contribution < -0.4 is 5.32 Å². The van der Waals surface area contributed by atoms with Gasteiger partial charge in [0, 0.05) is 18.0 Å². The van der Waals surface area contributed by atoms with E-state index in [1.54, 1.807) is 12.3 Å². The van der Waals surface area contributed by atoms with E-state index in [1.165, 1.54) is 11.3 Å². The van der Waals surface area contributed by atoms with E-state index < -0.39 is 0 Å². The lowest BCUT2D eigenvalue weighted by atomic mass is 10.1. The maximum Gasteiger partial charge on any atom is 0.226 e. The van der Waals surface area contributed by atoms with Crippen LogP contribution in [0.1, 0.15) is 18.4 Å². The quantitative estimate of drug-likeness (QED) is 0.888. The monoisotopic (exact) mass is 314 g/mol. The minimum Gasteiger partial charge on any atom is -0.302 e. The van der Waals surface area contributed by atoms with Crippen LogP contribution in [0.5, 0.6) is 0 Å². The molecule has 19 heavy (non-hydrogen) atoms. The smallest absolute Gasteiger partial charge is 0.226 e. The second-order valence-corrected chi connectivity index (χ2v) is 5.70. The zero-order chi connectivity index (χ0) is 13.7. The molecule has 0 saturated heterocycles. The van der Waals surface area contributed by atoms with Crippen molar-refractivity contribution in [2.45, 2.75) is 19.3 Å². The predicted octanol–water partition coefficient (Wildman–Crippen LogP) is 4.41. The minimum atomic E-state index is -0.0185. The number of benzene rings is 1. The van der Waals surface area contributed by atoms with Gasteiger partial charge in [0.2, 0.25) is 5.91 Å². The Morgan fingerprint density at radius 3 is 2.84 bits per heavy atom. The Morgan fingerprint density at radius 2 is 2.16 bits per heavy atom. The van der Waals surface area contributed by atoms with Crippen molar-refractivity contribution >= 4 is 45.6 Å². The number of carbonyl (C=O) groups is 1. The van der Waals surface area contributed by atoms with E-state index in [-0.39, 0.29) is 5.91 Å². The van der Waals surface area contributed by atoms with Crippen molar-refractivity contribution in [3.05, 3.63) is 45.4 Å². The summed E-state index contributed by atoms with van der Waals surface area (Å²) in [6.45, 7) is 0. The normalized spacial score (nSPS) is 10.4. The van der Waals surface area contributed by atoms with Crippen LogP contribution in [0.25, 0.3) is 0 Å². The van der Waals surface area contributed by atoms with Crippen molar-refractivity contribution in [2.24, 2.45) is 0 Å². The van der Waals surface area contributed by atoms with E-state index in [2.05, 4.69) is 10.3 Å². The van der Waals surface area contributed by atoms with E-state index in [9.17, 15) is 4.79 Å². The van der Waals surface area contributed by atoms with Gasteiger partial charge >= 0.3 is 0 Å². The fraction of sp³-hybridized carbons (Fsp3) is 0.231. The van der Waals surface area contributed by atoms with Crippen molar-refractivity contribution in [2.75, 3.05) is 5.32 Å². The number of halogens is 2. The van der Waals surface area contributed by atoms with Gasteiger partial charge in [0.05, 0.1) is 10.0 Å². The van der Waals surface area contributed by atoms with Crippen LogP contribution in [0.3, 0.4) is 0 Å². The molecule has 6 heteroatoms. The van der Waals surface area contributed by atoms with Gasteiger partial charge < -0.3 is 5.32 Å². The van der Waals surface area contributed by atoms with Crippen molar-refractivity contribution in [3.63, 3.8) is 0 Å². The number of rotatable bonds is 5.